The second-order valence-corrected chi connectivity index (χ2v) is 5.36. The Bertz CT molecular complexity index is 563. The number of hydrogen-bond acceptors (Lipinski definition) is 4. The lowest BCUT2D eigenvalue weighted by Gasteiger charge is -2.09. The van der Waals surface area contributed by atoms with E-state index in [1.807, 2.05) is 0 Å². The van der Waals surface area contributed by atoms with Crippen LogP contribution in [0.25, 0.3) is 0 Å². The number of carboxylic acids is 1. The van der Waals surface area contributed by atoms with Crippen LogP contribution in [0, 0.1) is 0 Å². The van der Waals surface area contributed by atoms with Crippen LogP contribution in [-0.4, -0.2) is 25.0 Å². The van der Waals surface area contributed by atoms with Gasteiger partial charge in [-0.2, -0.15) is 13.2 Å². The first kappa shape index (κ1) is 13.8. The summed E-state index contributed by atoms with van der Waals surface area (Å²) in [6.45, 7) is 0. The van der Waals surface area contributed by atoms with Gasteiger partial charge in [0.2, 0.25) is 0 Å². The zero-order valence-corrected chi connectivity index (χ0v) is 9.60. The van der Waals surface area contributed by atoms with Gasteiger partial charge in [-0.3, -0.25) is 0 Å². The van der Waals surface area contributed by atoms with Crippen molar-refractivity contribution in [2.75, 3.05) is 0 Å². The first-order valence-electron chi connectivity index (χ1n) is 3.95. The van der Waals surface area contributed by atoms with E-state index in [-0.39, 0.29) is 4.90 Å². The van der Waals surface area contributed by atoms with Crippen molar-refractivity contribution in [2.45, 2.75) is 15.3 Å². The number of sulfone groups is 1. The summed E-state index contributed by atoms with van der Waals surface area (Å²) in [6.07, 6.45) is 0. The Morgan fingerprint density at radius 2 is 1.82 bits per heavy atom. The molecule has 0 unspecified atom stereocenters. The zero-order chi connectivity index (χ0) is 13.4. The summed E-state index contributed by atoms with van der Waals surface area (Å²) in [4.78, 5) is 9.37. The third-order valence-corrected chi connectivity index (χ3v) is 3.69. The Kier molecular flexibility index (Phi) is 3.44. The number of benzene rings is 1. The van der Waals surface area contributed by atoms with E-state index < -0.39 is 31.8 Å². The predicted octanol–water partition coefficient (Wildman–Crippen LogP) is 1.97. The van der Waals surface area contributed by atoms with Crippen molar-refractivity contribution < 1.29 is 31.5 Å². The normalized spacial score (nSPS) is 12.5. The molecule has 94 valence electrons. The van der Waals surface area contributed by atoms with Gasteiger partial charge < -0.3 is 5.11 Å². The van der Waals surface area contributed by atoms with E-state index in [9.17, 15) is 26.4 Å². The molecule has 9 heteroatoms. The number of rotatable bonds is 2. The molecule has 0 spiro atoms. The van der Waals surface area contributed by atoms with Crippen molar-refractivity contribution in [3.8, 4) is 0 Å². The Labute approximate surface area is 99.4 Å². The summed E-state index contributed by atoms with van der Waals surface area (Å²) in [7, 11) is -5.55. The molecule has 0 bridgehead atoms. The molecule has 0 heterocycles. The van der Waals surface area contributed by atoms with Gasteiger partial charge >= 0.3 is 11.5 Å². The van der Waals surface area contributed by atoms with Gasteiger partial charge in [0.25, 0.3) is 9.84 Å². The first-order valence-corrected chi connectivity index (χ1v) is 5.88. The molecule has 17 heavy (non-hydrogen) atoms. The van der Waals surface area contributed by atoms with Crippen LogP contribution in [0.2, 0.25) is 0 Å². The van der Waals surface area contributed by atoms with E-state index in [1.54, 1.807) is 0 Å². The van der Waals surface area contributed by atoms with E-state index in [4.69, 9.17) is 5.11 Å². The van der Waals surface area contributed by atoms with Crippen molar-refractivity contribution in [1.29, 1.82) is 0 Å². The molecule has 1 N–H and O–H groups in total. The second-order valence-electron chi connectivity index (χ2n) is 2.93. The SMILES string of the molecule is O=C(O)c1cc(S(=O)(=O)C(F)(F)F)ccc1S. The average Bonchev–Trinajstić information content (AvgIpc) is 2.15. The topological polar surface area (TPSA) is 71.4 Å². The zero-order valence-electron chi connectivity index (χ0n) is 7.89. The number of hydrogen-bond donors (Lipinski definition) is 2. The molecule has 1 aromatic carbocycles. The van der Waals surface area contributed by atoms with Gasteiger partial charge in [0.15, 0.2) is 0 Å². The molecule has 1 aromatic rings. The van der Waals surface area contributed by atoms with Gasteiger partial charge in [-0.25, -0.2) is 13.2 Å². The fraction of sp³-hybridized carbons (Fsp3) is 0.125. The molecule has 0 aliphatic heterocycles. The summed E-state index contributed by atoms with van der Waals surface area (Å²) in [6, 6.07) is 1.95. The van der Waals surface area contributed by atoms with Crippen LogP contribution in [0.1, 0.15) is 10.4 Å². The van der Waals surface area contributed by atoms with Crippen molar-refractivity contribution in [1.82, 2.24) is 0 Å². The first-order chi connectivity index (χ1) is 7.57. The minimum atomic E-state index is -5.55. The lowest BCUT2D eigenvalue weighted by atomic mass is 10.2. The molecule has 0 aliphatic carbocycles. The Balaban J connectivity index is 3.46. The standard InChI is InChI=1S/C8H5F3O4S2/c9-8(10,11)17(14,15)4-1-2-6(16)5(3-4)7(12)13/h1-3,16H,(H,12,13). The third kappa shape index (κ3) is 2.55. The van der Waals surface area contributed by atoms with E-state index >= 15 is 0 Å². The van der Waals surface area contributed by atoms with E-state index in [0.29, 0.717) is 12.1 Å². The Morgan fingerprint density at radius 1 is 1.29 bits per heavy atom. The monoisotopic (exact) mass is 286 g/mol. The molecule has 0 fully saturated rings. The van der Waals surface area contributed by atoms with Gasteiger partial charge in [-0.05, 0) is 18.2 Å². The molecule has 4 nitrogen and oxygen atoms in total. The van der Waals surface area contributed by atoms with Crippen LogP contribution in [0.3, 0.4) is 0 Å². The third-order valence-electron chi connectivity index (χ3n) is 1.81. The molecule has 0 radical (unpaired) electrons. The molecule has 1 rings (SSSR count). The largest absolute Gasteiger partial charge is 0.501 e. The number of alkyl halides is 3. The summed E-state index contributed by atoms with van der Waals surface area (Å²) >= 11 is 3.70. The lowest BCUT2D eigenvalue weighted by Crippen LogP contribution is -2.23. The number of carbonyl (C=O) groups is 1. The van der Waals surface area contributed by atoms with Crippen molar-refractivity contribution in [3.05, 3.63) is 23.8 Å². The minimum absolute atomic E-state index is 0.126. The van der Waals surface area contributed by atoms with Crippen LogP contribution in [-0.2, 0) is 9.84 Å². The Hall–Kier alpha value is -1.22. The smallest absolute Gasteiger partial charge is 0.478 e. The number of carboxylic acid groups (broad SMARTS) is 1. The number of aromatic carboxylic acids is 1. The average molecular weight is 286 g/mol. The van der Waals surface area contributed by atoms with Crippen molar-refractivity contribution in [2.24, 2.45) is 0 Å². The lowest BCUT2D eigenvalue weighted by molar-refractivity contribution is -0.0436. The maximum atomic E-state index is 12.2. The minimum Gasteiger partial charge on any atom is -0.478 e. The van der Waals surface area contributed by atoms with E-state index in [2.05, 4.69) is 12.6 Å². The summed E-state index contributed by atoms with van der Waals surface area (Å²) < 4.78 is 58.6. The molecule has 0 atom stereocenters. The van der Waals surface area contributed by atoms with Gasteiger partial charge in [0, 0.05) is 4.90 Å². The number of halogens is 3. The van der Waals surface area contributed by atoms with Crippen molar-refractivity contribution >= 4 is 28.4 Å². The van der Waals surface area contributed by atoms with Gasteiger partial charge in [0.05, 0.1) is 10.5 Å². The molecule has 0 aromatic heterocycles. The van der Waals surface area contributed by atoms with Crippen LogP contribution in [0.4, 0.5) is 13.2 Å². The second kappa shape index (κ2) is 4.22. The number of thiol groups is 1. The van der Waals surface area contributed by atoms with Gasteiger partial charge in [-0.1, -0.05) is 0 Å². The summed E-state index contributed by atoms with van der Waals surface area (Å²) in [5.74, 6) is -1.56. The van der Waals surface area contributed by atoms with E-state index in [1.165, 1.54) is 0 Å². The predicted molar refractivity (Wildman–Crippen MR) is 53.9 cm³/mol. The van der Waals surface area contributed by atoms with Crippen LogP contribution < -0.4 is 0 Å². The van der Waals surface area contributed by atoms with Crippen LogP contribution >= 0.6 is 12.6 Å². The highest BCUT2D eigenvalue weighted by molar-refractivity contribution is 7.92. The molecule has 0 saturated carbocycles. The molecule has 0 aliphatic rings. The highest BCUT2D eigenvalue weighted by Gasteiger charge is 2.47. The highest BCUT2D eigenvalue weighted by atomic mass is 32.2. The molecule has 0 amide bonds. The highest BCUT2D eigenvalue weighted by Crippen LogP contribution is 2.31. The molecular formula is C8H5F3O4S2. The summed E-state index contributed by atoms with van der Waals surface area (Å²) in [5.41, 5.74) is -6.08. The summed E-state index contributed by atoms with van der Waals surface area (Å²) in [5, 5.41) is 8.63. The molecule has 0 saturated heterocycles. The maximum absolute atomic E-state index is 12.2. The quantitative estimate of drug-likeness (QED) is 0.815. The van der Waals surface area contributed by atoms with Crippen molar-refractivity contribution in [3.63, 3.8) is 0 Å². The van der Waals surface area contributed by atoms with Gasteiger partial charge in [0.1, 0.15) is 0 Å². The van der Waals surface area contributed by atoms with Crippen LogP contribution in [0.5, 0.6) is 0 Å². The van der Waals surface area contributed by atoms with Crippen LogP contribution in [0.15, 0.2) is 28.0 Å². The molecular weight excluding hydrogens is 281 g/mol. The Morgan fingerprint density at radius 3 is 2.24 bits per heavy atom. The fourth-order valence-corrected chi connectivity index (χ4v) is 2.01. The fourth-order valence-electron chi connectivity index (χ4n) is 0.987. The van der Waals surface area contributed by atoms with Gasteiger partial charge in [-0.15, -0.1) is 12.6 Å². The van der Waals surface area contributed by atoms with E-state index in [0.717, 1.165) is 6.07 Å². The maximum Gasteiger partial charge on any atom is 0.501 e.